The fraction of sp³-hybridized carbons (Fsp3) is 1.00. The van der Waals surface area contributed by atoms with Crippen molar-refractivity contribution in [3.8, 4) is 0 Å². The van der Waals surface area contributed by atoms with E-state index < -0.39 is 21.1 Å². The van der Waals surface area contributed by atoms with E-state index in [1.165, 1.54) is 0 Å². The standard InChI is InChI=1S/C3H8O5S2/c1-2-3-10(6,7)8-9(4)5/h9H,2-3H2,1H3. The lowest BCUT2D eigenvalue weighted by molar-refractivity contribution is 0.477. The second-order valence-corrected chi connectivity index (χ2v) is 4.13. The van der Waals surface area contributed by atoms with E-state index in [9.17, 15) is 16.8 Å². The molecule has 0 rings (SSSR count). The predicted octanol–water partition coefficient (Wildman–Crippen LogP) is -0.731. The van der Waals surface area contributed by atoms with Crippen molar-refractivity contribution in [3.05, 3.63) is 0 Å². The van der Waals surface area contributed by atoms with Crippen LogP contribution in [0.4, 0.5) is 0 Å². The maximum atomic E-state index is 10.4. The van der Waals surface area contributed by atoms with Crippen LogP contribution in [0.2, 0.25) is 0 Å². The van der Waals surface area contributed by atoms with Gasteiger partial charge in [0.1, 0.15) is 0 Å². The second kappa shape index (κ2) is 3.89. The van der Waals surface area contributed by atoms with Crippen molar-refractivity contribution >= 4 is 21.1 Å². The van der Waals surface area contributed by atoms with Crippen LogP contribution < -0.4 is 0 Å². The molecule has 0 amide bonds. The Balaban J connectivity index is 4.15. The summed E-state index contributed by atoms with van der Waals surface area (Å²) < 4.78 is 43.9. The number of rotatable bonds is 4. The van der Waals surface area contributed by atoms with Gasteiger partial charge in [0.05, 0.1) is 5.75 Å². The predicted molar refractivity (Wildman–Crippen MR) is 35.5 cm³/mol. The van der Waals surface area contributed by atoms with Gasteiger partial charge in [0.15, 0.2) is 0 Å². The number of hydrogen-bond acceptors (Lipinski definition) is 5. The van der Waals surface area contributed by atoms with Crippen LogP contribution in [0.15, 0.2) is 0 Å². The molecule has 0 aliphatic heterocycles. The van der Waals surface area contributed by atoms with Crippen molar-refractivity contribution in [1.29, 1.82) is 0 Å². The van der Waals surface area contributed by atoms with Gasteiger partial charge in [0.2, 0.25) is 0 Å². The first-order valence-electron chi connectivity index (χ1n) is 2.54. The summed E-state index contributed by atoms with van der Waals surface area (Å²) in [5.41, 5.74) is 0. The third-order valence-corrected chi connectivity index (χ3v) is 2.93. The van der Waals surface area contributed by atoms with Crippen molar-refractivity contribution in [2.75, 3.05) is 5.75 Å². The summed E-state index contributed by atoms with van der Waals surface area (Å²) in [5, 5.41) is 0. The van der Waals surface area contributed by atoms with E-state index in [4.69, 9.17) is 0 Å². The van der Waals surface area contributed by atoms with Crippen molar-refractivity contribution in [1.82, 2.24) is 0 Å². The Morgan fingerprint density at radius 1 is 1.40 bits per heavy atom. The highest BCUT2D eigenvalue weighted by molar-refractivity contribution is 7.93. The molecular weight excluding hydrogens is 180 g/mol. The molecule has 0 bridgehead atoms. The first kappa shape index (κ1) is 9.86. The zero-order chi connectivity index (χ0) is 8.20. The molecule has 0 N–H and O–H groups in total. The smallest absolute Gasteiger partial charge is 0.201 e. The molecule has 0 heterocycles. The summed E-state index contributed by atoms with van der Waals surface area (Å²) in [6, 6.07) is 0. The Labute approximate surface area is 61.3 Å². The summed E-state index contributed by atoms with van der Waals surface area (Å²) >= 11 is 0. The van der Waals surface area contributed by atoms with Crippen LogP contribution >= 0.6 is 0 Å². The topological polar surface area (TPSA) is 77.5 Å². The highest BCUT2D eigenvalue weighted by Gasteiger charge is 2.09. The molecule has 0 saturated carbocycles. The molecule has 0 radical (unpaired) electrons. The molecule has 5 nitrogen and oxygen atoms in total. The van der Waals surface area contributed by atoms with Gasteiger partial charge in [0.25, 0.3) is 21.1 Å². The fourth-order valence-electron chi connectivity index (χ4n) is 0.380. The van der Waals surface area contributed by atoms with Crippen LogP contribution in [-0.4, -0.2) is 22.6 Å². The van der Waals surface area contributed by atoms with E-state index in [1.54, 1.807) is 6.92 Å². The summed E-state index contributed by atoms with van der Waals surface area (Å²) in [6.07, 6.45) is 0.339. The molecule has 0 aromatic rings. The van der Waals surface area contributed by atoms with Crippen molar-refractivity contribution in [2.45, 2.75) is 13.3 Å². The van der Waals surface area contributed by atoms with Crippen molar-refractivity contribution in [2.24, 2.45) is 0 Å². The average Bonchev–Trinajstić information content (AvgIpc) is 1.59. The monoisotopic (exact) mass is 188 g/mol. The summed E-state index contributed by atoms with van der Waals surface area (Å²) in [7, 11) is -7.12. The molecule has 0 spiro atoms. The fourth-order valence-corrected chi connectivity index (χ4v) is 1.92. The zero-order valence-electron chi connectivity index (χ0n) is 5.31. The maximum Gasteiger partial charge on any atom is 0.281 e. The summed E-state index contributed by atoms with van der Waals surface area (Å²) in [5.74, 6) is -0.268. The van der Waals surface area contributed by atoms with Gasteiger partial charge < -0.3 is 0 Å². The third kappa shape index (κ3) is 4.71. The number of hydrogen-bond donors (Lipinski definition) is 1. The Hall–Kier alpha value is -0.140. The minimum atomic E-state index is -3.83. The normalized spacial score (nSPS) is 12.2. The summed E-state index contributed by atoms with van der Waals surface area (Å²) in [6.45, 7) is 1.61. The minimum absolute atomic E-state index is 0.268. The van der Waals surface area contributed by atoms with Crippen molar-refractivity contribution in [3.63, 3.8) is 0 Å². The highest BCUT2D eigenvalue weighted by Crippen LogP contribution is 1.94. The van der Waals surface area contributed by atoms with Gasteiger partial charge in [0, 0.05) is 0 Å². The van der Waals surface area contributed by atoms with Crippen LogP contribution in [0.25, 0.3) is 0 Å². The molecule has 62 valence electrons. The molecule has 0 atom stereocenters. The van der Waals surface area contributed by atoms with Crippen LogP contribution in [0, 0.1) is 0 Å². The van der Waals surface area contributed by atoms with Gasteiger partial charge in [-0.2, -0.15) is 8.42 Å². The van der Waals surface area contributed by atoms with Crippen LogP contribution in [0.3, 0.4) is 0 Å². The van der Waals surface area contributed by atoms with E-state index >= 15 is 0 Å². The SMILES string of the molecule is CCCS(=O)(=O)O[SH](=O)=O. The van der Waals surface area contributed by atoms with E-state index in [2.05, 4.69) is 3.63 Å². The minimum Gasteiger partial charge on any atom is -0.201 e. The van der Waals surface area contributed by atoms with E-state index in [0.717, 1.165) is 0 Å². The molecule has 0 unspecified atom stereocenters. The lowest BCUT2D eigenvalue weighted by Gasteiger charge is -1.93. The van der Waals surface area contributed by atoms with Gasteiger partial charge in [-0.1, -0.05) is 6.92 Å². The maximum absolute atomic E-state index is 10.4. The van der Waals surface area contributed by atoms with E-state index in [-0.39, 0.29) is 5.75 Å². The van der Waals surface area contributed by atoms with Gasteiger partial charge in [-0.15, -0.1) is 3.63 Å². The first-order chi connectivity index (χ1) is 4.48. The van der Waals surface area contributed by atoms with E-state index in [1.807, 2.05) is 0 Å². The van der Waals surface area contributed by atoms with Gasteiger partial charge >= 0.3 is 0 Å². The van der Waals surface area contributed by atoms with Crippen LogP contribution in [0.5, 0.6) is 0 Å². The molecule has 10 heavy (non-hydrogen) atoms. The van der Waals surface area contributed by atoms with Gasteiger partial charge in [-0.3, -0.25) is 0 Å². The molecule has 0 aliphatic rings. The average molecular weight is 188 g/mol. The number of thiol groups is 1. The Morgan fingerprint density at radius 3 is 2.20 bits per heavy atom. The van der Waals surface area contributed by atoms with Crippen LogP contribution in [0.1, 0.15) is 13.3 Å². The lowest BCUT2D eigenvalue weighted by Crippen LogP contribution is -2.08. The quantitative estimate of drug-likeness (QED) is 0.588. The third-order valence-electron chi connectivity index (χ3n) is 0.629. The molecule has 0 saturated heterocycles. The summed E-state index contributed by atoms with van der Waals surface area (Å²) in [4.78, 5) is 0. The first-order valence-corrected chi connectivity index (χ1v) is 5.22. The Kier molecular flexibility index (Phi) is 3.84. The zero-order valence-corrected chi connectivity index (χ0v) is 7.02. The highest BCUT2D eigenvalue weighted by atomic mass is 32.3. The molecule has 0 aromatic heterocycles. The molecule has 7 heteroatoms. The molecular formula is C3H8O5S2. The van der Waals surface area contributed by atoms with Crippen LogP contribution in [-0.2, 0) is 24.7 Å². The lowest BCUT2D eigenvalue weighted by atomic mass is 10.6. The van der Waals surface area contributed by atoms with Crippen molar-refractivity contribution < 1.29 is 20.5 Å². The second-order valence-electron chi connectivity index (χ2n) is 1.56. The molecule has 0 fully saturated rings. The Morgan fingerprint density at radius 2 is 1.90 bits per heavy atom. The van der Waals surface area contributed by atoms with Gasteiger partial charge in [-0.25, -0.2) is 8.42 Å². The molecule has 0 aromatic carbocycles. The van der Waals surface area contributed by atoms with E-state index in [0.29, 0.717) is 6.42 Å². The van der Waals surface area contributed by atoms with Gasteiger partial charge in [-0.05, 0) is 6.42 Å². The Bertz CT molecular complexity index is 240. The molecule has 0 aliphatic carbocycles. The largest absolute Gasteiger partial charge is 0.281 e.